The fourth-order valence-electron chi connectivity index (χ4n) is 3.49. The van der Waals surface area contributed by atoms with Gasteiger partial charge in [0.1, 0.15) is 0 Å². The van der Waals surface area contributed by atoms with E-state index in [0.717, 1.165) is 24.3 Å². The van der Waals surface area contributed by atoms with E-state index in [2.05, 4.69) is 5.32 Å². The van der Waals surface area contributed by atoms with E-state index < -0.39 is 0 Å². The maximum atomic E-state index is 12.5. The monoisotopic (exact) mass is 268 g/mol. The van der Waals surface area contributed by atoms with Crippen molar-refractivity contribution in [2.75, 3.05) is 16.8 Å². The van der Waals surface area contributed by atoms with Crippen molar-refractivity contribution in [2.45, 2.75) is 19.3 Å². The van der Waals surface area contributed by atoms with Crippen molar-refractivity contribution in [3.63, 3.8) is 0 Å². The van der Waals surface area contributed by atoms with Crippen LogP contribution in [-0.2, 0) is 16.0 Å². The second-order valence-corrected chi connectivity index (χ2v) is 5.69. The molecule has 1 aromatic rings. The average Bonchev–Trinajstić information content (AvgIpc) is 3.03. The number of imide groups is 1. The molecular weight excluding hydrogens is 252 g/mol. The number of amides is 2. The Morgan fingerprint density at radius 3 is 2.45 bits per heavy atom. The first-order chi connectivity index (χ1) is 9.75. The van der Waals surface area contributed by atoms with Crippen LogP contribution in [-0.4, -0.2) is 18.4 Å². The zero-order valence-electron chi connectivity index (χ0n) is 11.1. The highest BCUT2D eigenvalue weighted by molar-refractivity contribution is 6.22. The molecular formula is C16H16N2O2. The molecule has 0 saturated carbocycles. The summed E-state index contributed by atoms with van der Waals surface area (Å²) >= 11 is 0. The van der Waals surface area contributed by atoms with Crippen molar-refractivity contribution < 1.29 is 9.59 Å². The molecule has 1 N–H and O–H groups in total. The first-order valence-electron chi connectivity index (χ1n) is 7.15. The predicted octanol–water partition coefficient (Wildman–Crippen LogP) is 2.11. The van der Waals surface area contributed by atoms with Crippen molar-refractivity contribution >= 4 is 23.2 Å². The highest BCUT2D eigenvalue weighted by Gasteiger charge is 2.47. The molecule has 1 aliphatic carbocycles. The molecule has 2 unspecified atom stereocenters. The number of rotatable bonds is 1. The Labute approximate surface area is 117 Å². The lowest BCUT2D eigenvalue weighted by molar-refractivity contribution is -0.122. The Morgan fingerprint density at radius 1 is 1.05 bits per heavy atom. The lowest BCUT2D eigenvalue weighted by atomic mass is 9.85. The van der Waals surface area contributed by atoms with Gasteiger partial charge in [0.25, 0.3) is 0 Å². The smallest absolute Gasteiger partial charge is 0.238 e. The average molecular weight is 268 g/mol. The number of carbonyl (C=O) groups is 2. The van der Waals surface area contributed by atoms with Gasteiger partial charge in [-0.3, -0.25) is 14.5 Å². The number of nitrogens with zero attached hydrogens (tertiary/aromatic N) is 1. The van der Waals surface area contributed by atoms with Gasteiger partial charge in [0.2, 0.25) is 11.8 Å². The van der Waals surface area contributed by atoms with Gasteiger partial charge in [-0.15, -0.1) is 0 Å². The maximum absolute atomic E-state index is 12.5. The van der Waals surface area contributed by atoms with Crippen LogP contribution < -0.4 is 10.2 Å². The lowest BCUT2D eigenvalue weighted by Crippen LogP contribution is -2.30. The molecule has 2 aliphatic heterocycles. The number of benzene rings is 1. The minimum absolute atomic E-state index is 0.0322. The second kappa shape index (κ2) is 4.20. The predicted molar refractivity (Wildman–Crippen MR) is 76.5 cm³/mol. The Bertz CT molecular complexity index is 609. The van der Waals surface area contributed by atoms with E-state index in [4.69, 9.17) is 0 Å². The standard InChI is InChI=1S/C16H16N2O2/c19-15-12-3-1-2-4-13(12)16(20)18(15)11-5-6-14-10(9-11)7-8-17-14/h1-2,5-6,9,12-13,17H,3-4,7-8H2. The van der Waals surface area contributed by atoms with Gasteiger partial charge < -0.3 is 5.32 Å². The first-order valence-corrected chi connectivity index (χ1v) is 7.15. The van der Waals surface area contributed by atoms with E-state index in [-0.39, 0.29) is 23.7 Å². The Balaban J connectivity index is 1.72. The molecule has 4 heteroatoms. The van der Waals surface area contributed by atoms with Crippen LogP contribution in [0.1, 0.15) is 18.4 Å². The summed E-state index contributed by atoms with van der Waals surface area (Å²) in [5.41, 5.74) is 3.04. The third-order valence-corrected chi connectivity index (χ3v) is 4.56. The van der Waals surface area contributed by atoms with E-state index in [0.29, 0.717) is 12.8 Å². The van der Waals surface area contributed by atoms with Gasteiger partial charge in [-0.1, -0.05) is 12.2 Å². The van der Waals surface area contributed by atoms with E-state index in [1.807, 2.05) is 30.4 Å². The summed E-state index contributed by atoms with van der Waals surface area (Å²) in [6.45, 7) is 0.926. The number of hydrogen-bond acceptors (Lipinski definition) is 3. The zero-order chi connectivity index (χ0) is 13.7. The van der Waals surface area contributed by atoms with Gasteiger partial charge in [0, 0.05) is 12.2 Å². The first kappa shape index (κ1) is 11.7. The van der Waals surface area contributed by atoms with Crippen LogP contribution in [0.2, 0.25) is 0 Å². The van der Waals surface area contributed by atoms with Gasteiger partial charge in [-0.25, -0.2) is 0 Å². The Kier molecular flexibility index (Phi) is 2.46. The van der Waals surface area contributed by atoms with Crippen molar-refractivity contribution in [3.8, 4) is 0 Å². The Hall–Kier alpha value is -2.10. The minimum atomic E-state index is -0.154. The van der Waals surface area contributed by atoms with Crippen molar-refractivity contribution in [3.05, 3.63) is 35.9 Å². The molecule has 0 radical (unpaired) electrons. The molecule has 2 heterocycles. The van der Waals surface area contributed by atoms with Crippen LogP contribution in [0, 0.1) is 11.8 Å². The summed E-state index contributed by atoms with van der Waals surface area (Å²) in [4.78, 5) is 26.4. The summed E-state index contributed by atoms with van der Waals surface area (Å²) in [6, 6.07) is 5.83. The highest BCUT2D eigenvalue weighted by atomic mass is 16.2. The van der Waals surface area contributed by atoms with Crippen LogP contribution in [0.25, 0.3) is 0 Å². The number of anilines is 2. The topological polar surface area (TPSA) is 49.4 Å². The highest BCUT2D eigenvalue weighted by Crippen LogP contribution is 2.38. The molecule has 2 atom stereocenters. The maximum Gasteiger partial charge on any atom is 0.238 e. The third-order valence-electron chi connectivity index (χ3n) is 4.56. The fourth-order valence-corrected chi connectivity index (χ4v) is 3.49. The summed E-state index contributed by atoms with van der Waals surface area (Å²) in [6.07, 6.45) is 6.37. The molecule has 102 valence electrons. The lowest BCUT2D eigenvalue weighted by Gasteiger charge is -2.15. The molecule has 0 aromatic heterocycles. The van der Waals surface area contributed by atoms with Crippen LogP contribution >= 0.6 is 0 Å². The minimum Gasteiger partial charge on any atom is -0.384 e. The largest absolute Gasteiger partial charge is 0.384 e. The molecule has 1 fully saturated rings. The van der Waals surface area contributed by atoms with E-state index in [1.54, 1.807) is 0 Å². The van der Waals surface area contributed by atoms with Gasteiger partial charge in [0.15, 0.2) is 0 Å². The fraction of sp³-hybridized carbons (Fsp3) is 0.375. The Morgan fingerprint density at radius 2 is 1.75 bits per heavy atom. The summed E-state index contributed by atoms with van der Waals surface area (Å²) in [7, 11) is 0. The van der Waals surface area contributed by atoms with Crippen molar-refractivity contribution in [1.29, 1.82) is 0 Å². The van der Waals surface area contributed by atoms with Crippen LogP contribution in [0.4, 0.5) is 11.4 Å². The van der Waals surface area contributed by atoms with Gasteiger partial charge in [-0.2, -0.15) is 0 Å². The molecule has 4 nitrogen and oxygen atoms in total. The number of hydrogen-bond donors (Lipinski definition) is 1. The number of nitrogens with one attached hydrogen (secondary N) is 1. The third kappa shape index (κ3) is 1.54. The molecule has 2 amide bonds. The second-order valence-electron chi connectivity index (χ2n) is 5.69. The number of fused-ring (bicyclic) bond motifs is 2. The quantitative estimate of drug-likeness (QED) is 0.627. The summed E-state index contributed by atoms with van der Waals surface area (Å²) in [5.74, 6) is -0.372. The van der Waals surface area contributed by atoms with Gasteiger partial charge in [-0.05, 0) is 43.0 Å². The zero-order valence-corrected chi connectivity index (χ0v) is 11.1. The normalized spacial score (nSPS) is 27.5. The molecule has 0 bridgehead atoms. The molecule has 1 aromatic carbocycles. The number of carbonyl (C=O) groups excluding carboxylic acids is 2. The molecule has 4 rings (SSSR count). The van der Waals surface area contributed by atoms with Gasteiger partial charge >= 0.3 is 0 Å². The van der Waals surface area contributed by atoms with Crippen molar-refractivity contribution in [1.82, 2.24) is 0 Å². The SMILES string of the molecule is O=C1C2CC=CCC2C(=O)N1c1ccc2c(c1)CCN2. The number of allylic oxidation sites excluding steroid dienone is 2. The molecule has 1 saturated heterocycles. The van der Waals surface area contributed by atoms with Crippen LogP contribution in [0.5, 0.6) is 0 Å². The summed E-state index contributed by atoms with van der Waals surface area (Å²) in [5, 5.41) is 3.29. The molecule has 20 heavy (non-hydrogen) atoms. The molecule has 3 aliphatic rings. The van der Waals surface area contributed by atoms with Crippen molar-refractivity contribution in [2.24, 2.45) is 11.8 Å². The summed E-state index contributed by atoms with van der Waals surface area (Å²) < 4.78 is 0. The van der Waals surface area contributed by atoms with E-state index >= 15 is 0 Å². The van der Waals surface area contributed by atoms with Crippen LogP contribution in [0.3, 0.4) is 0 Å². The van der Waals surface area contributed by atoms with Crippen LogP contribution in [0.15, 0.2) is 30.4 Å². The van der Waals surface area contributed by atoms with E-state index in [9.17, 15) is 9.59 Å². The molecule has 0 spiro atoms. The van der Waals surface area contributed by atoms with E-state index in [1.165, 1.54) is 10.5 Å². The van der Waals surface area contributed by atoms with Gasteiger partial charge in [0.05, 0.1) is 17.5 Å².